The zero-order valence-corrected chi connectivity index (χ0v) is 16.7. The van der Waals surface area contributed by atoms with Gasteiger partial charge in [0.1, 0.15) is 11.5 Å². The molecule has 1 aromatic heterocycles. The van der Waals surface area contributed by atoms with Crippen molar-refractivity contribution in [1.29, 1.82) is 0 Å². The molecule has 2 N–H and O–H groups in total. The minimum absolute atomic E-state index is 0.0715. The van der Waals surface area contributed by atoms with Gasteiger partial charge in [0.25, 0.3) is 5.91 Å². The van der Waals surface area contributed by atoms with Gasteiger partial charge in [-0.1, -0.05) is 17.3 Å². The van der Waals surface area contributed by atoms with E-state index in [1.165, 1.54) is 18.2 Å². The number of carbonyl (C=O) groups excluding carboxylic acids is 2. The van der Waals surface area contributed by atoms with Gasteiger partial charge in [-0.3, -0.25) is 9.59 Å². The van der Waals surface area contributed by atoms with Crippen LogP contribution >= 0.6 is 0 Å². The lowest BCUT2D eigenvalue weighted by atomic mass is 10.1. The molecule has 3 aromatic carbocycles. The Hall–Kier alpha value is -4.21. The van der Waals surface area contributed by atoms with Crippen molar-refractivity contribution in [2.24, 2.45) is 0 Å². The number of anilines is 2. The molecule has 4 rings (SSSR count). The molecule has 0 aliphatic rings. The van der Waals surface area contributed by atoms with Crippen molar-refractivity contribution < 1.29 is 31.7 Å². The summed E-state index contributed by atoms with van der Waals surface area (Å²) in [6.45, 7) is 0. The first kappa shape index (κ1) is 22.0. The predicted octanol–water partition coefficient (Wildman–Crippen LogP) is 5.42. The quantitative estimate of drug-likeness (QED) is 0.392. The molecule has 10 heteroatoms. The number of nitrogens with zero attached hydrogens (tertiary/aromatic N) is 1. The molecule has 0 spiro atoms. The van der Waals surface area contributed by atoms with E-state index in [2.05, 4.69) is 15.8 Å². The van der Waals surface area contributed by atoms with Crippen LogP contribution in [0.1, 0.15) is 21.6 Å². The molecule has 4 aromatic rings. The van der Waals surface area contributed by atoms with Gasteiger partial charge in [0.15, 0.2) is 5.58 Å². The van der Waals surface area contributed by atoms with Crippen LogP contribution in [-0.2, 0) is 17.4 Å². The van der Waals surface area contributed by atoms with E-state index in [9.17, 15) is 27.2 Å². The monoisotopic (exact) mass is 457 g/mol. The molecule has 0 unspecified atom stereocenters. The molecule has 2 amide bonds. The van der Waals surface area contributed by atoms with Gasteiger partial charge in [-0.05, 0) is 54.6 Å². The molecule has 1 heterocycles. The third-order valence-electron chi connectivity index (χ3n) is 4.74. The predicted molar refractivity (Wildman–Crippen MR) is 112 cm³/mol. The summed E-state index contributed by atoms with van der Waals surface area (Å²) in [4.78, 5) is 24.7. The lowest BCUT2D eigenvalue weighted by Gasteiger charge is -2.16. The van der Waals surface area contributed by atoms with E-state index < -0.39 is 35.1 Å². The molecule has 0 saturated heterocycles. The first-order chi connectivity index (χ1) is 15.7. The smallest absolute Gasteiger partial charge is 0.356 e. The van der Waals surface area contributed by atoms with E-state index in [0.29, 0.717) is 22.7 Å². The van der Waals surface area contributed by atoms with Crippen LogP contribution in [0.25, 0.3) is 11.0 Å². The average molecular weight is 457 g/mol. The number of carbonyl (C=O) groups is 2. The van der Waals surface area contributed by atoms with E-state index in [0.717, 1.165) is 18.2 Å². The zero-order chi connectivity index (χ0) is 23.6. The lowest BCUT2D eigenvalue weighted by molar-refractivity contribution is -0.136. The summed E-state index contributed by atoms with van der Waals surface area (Å²) in [7, 11) is 0. The first-order valence-electron chi connectivity index (χ1n) is 9.62. The maximum atomic E-state index is 13.6. The van der Waals surface area contributed by atoms with Crippen molar-refractivity contribution in [3.8, 4) is 0 Å². The molecule has 0 atom stereocenters. The Morgan fingerprint density at radius 1 is 0.939 bits per heavy atom. The van der Waals surface area contributed by atoms with Gasteiger partial charge >= 0.3 is 6.18 Å². The molecule has 6 nitrogen and oxygen atoms in total. The lowest BCUT2D eigenvalue weighted by Crippen LogP contribution is -2.19. The van der Waals surface area contributed by atoms with E-state index in [4.69, 9.17) is 4.52 Å². The van der Waals surface area contributed by atoms with E-state index in [1.807, 2.05) is 0 Å². The van der Waals surface area contributed by atoms with Gasteiger partial charge in [-0.2, -0.15) is 13.2 Å². The van der Waals surface area contributed by atoms with E-state index >= 15 is 0 Å². The maximum Gasteiger partial charge on any atom is 0.418 e. The van der Waals surface area contributed by atoms with Gasteiger partial charge in [0.05, 0.1) is 17.7 Å². The highest BCUT2D eigenvalue weighted by molar-refractivity contribution is 6.04. The molecule has 0 aliphatic carbocycles. The fourth-order valence-electron chi connectivity index (χ4n) is 3.18. The fourth-order valence-corrected chi connectivity index (χ4v) is 3.18. The second-order valence-electron chi connectivity index (χ2n) is 7.07. The third-order valence-corrected chi connectivity index (χ3v) is 4.74. The van der Waals surface area contributed by atoms with Crippen molar-refractivity contribution in [2.75, 3.05) is 10.6 Å². The number of hydrogen-bond acceptors (Lipinski definition) is 4. The molecular formula is C23H15F4N3O3. The van der Waals surface area contributed by atoms with Gasteiger partial charge in [0, 0.05) is 16.6 Å². The van der Waals surface area contributed by atoms with Crippen LogP contribution in [0.4, 0.5) is 28.9 Å². The number of benzene rings is 3. The van der Waals surface area contributed by atoms with Crippen LogP contribution in [0.15, 0.2) is 71.3 Å². The minimum atomic E-state index is -4.81. The van der Waals surface area contributed by atoms with Crippen LogP contribution in [0.5, 0.6) is 0 Å². The molecule has 33 heavy (non-hydrogen) atoms. The number of amides is 2. The second-order valence-corrected chi connectivity index (χ2v) is 7.07. The van der Waals surface area contributed by atoms with Gasteiger partial charge in [0.2, 0.25) is 5.91 Å². The summed E-state index contributed by atoms with van der Waals surface area (Å²) in [5.74, 6) is -1.98. The van der Waals surface area contributed by atoms with Crippen molar-refractivity contribution in [1.82, 2.24) is 5.16 Å². The van der Waals surface area contributed by atoms with Crippen LogP contribution in [0, 0.1) is 5.82 Å². The maximum absolute atomic E-state index is 13.6. The third kappa shape index (κ3) is 5.00. The number of aromatic nitrogens is 1. The molecule has 168 valence electrons. The van der Waals surface area contributed by atoms with E-state index in [1.54, 1.807) is 24.3 Å². The summed E-state index contributed by atoms with van der Waals surface area (Å²) < 4.78 is 59.0. The first-order valence-corrected chi connectivity index (χ1v) is 9.62. The summed E-state index contributed by atoms with van der Waals surface area (Å²) >= 11 is 0. The molecule has 0 radical (unpaired) electrons. The van der Waals surface area contributed by atoms with Crippen molar-refractivity contribution in [2.45, 2.75) is 12.6 Å². The summed E-state index contributed by atoms with van der Waals surface area (Å²) in [6, 6.07) is 14.3. The van der Waals surface area contributed by atoms with Crippen LogP contribution < -0.4 is 10.6 Å². The highest BCUT2D eigenvalue weighted by Gasteiger charge is 2.34. The van der Waals surface area contributed by atoms with Crippen molar-refractivity contribution in [3.05, 3.63) is 89.4 Å². The Bertz CT molecular complexity index is 1330. The number of nitrogens with one attached hydrogen (secondary N) is 2. The Kier molecular flexibility index (Phi) is 5.82. The normalized spacial score (nSPS) is 11.4. The Labute approximate surface area is 184 Å². The van der Waals surface area contributed by atoms with Crippen molar-refractivity contribution >= 4 is 34.2 Å². The zero-order valence-electron chi connectivity index (χ0n) is 16.7. The SMILES string of the molecule is O=C(Cc1noc2ccccc12)Nc1ccc(NC(=O)c2ccc(F)cc2)cc1C(F)(F)F. The number of fused-ring (bicyclic) bond motifs is 1. The number of hydrogen-bond donors (Lipinski definition) is 2. The Balaban J connectivity index is 1.53. The number of rotatable bonds is 5. The van der Waals surface area contributed by atoms with Gasteiger partial charge < -0.3 is 15.2 Å². The highest BCUT2D eigenvalue weighted by Crippen LogP contribution is 2.37. The standard InChI is InChI=1S/C23H15F4N3O3/c24-14-7-5-13(6-8-14)22(32)28-15-9-10-18(17(11-15)23(25,26)27)29-21(31)12-19-16-3-1-2-4-20(16)33-30-19/h1-11H,12H2,(H,28,32)(H,29,31). The molecule has 0 bridgehead atoms. The van der Waals surface area contributed by atoms with E-state index in [-0.39, 0.29) is 17.7 Å². The molecule has 0 fully saturated rings. The van der Waals surface area contributed by atoms with Gasteiger partial charge in [-0.25, -0.2) is 4.39 Å². The Morgan fingerprint density at radius 3 is 2.39 bits per heavy atom. The van der Waals surface area contributed by atoms with Crippen LogP contribution in [-0.4, -0.2) is 17.0 Å². The number of para-hydroxylation sites is 1. The fraction of sp³-hybridized carbons (Fsp3) is 0.0870. The Morgan fingerprint density at radius 2 is 1.67 bits per heavy atom. The molecular weight excluding hydrogens is 442 g/mol. The molecule has 0 aliphatic heterocycles. The number of alkyl halides is 3. The number of halogens is 4. The van der Waals surface area contributed by atoms with Gasteiger partial charge in [-0.15, -0.1) is 0 Å². The highest BCUT2D eigenvalue weighted by atomic mass is 19.4. The topological polar surface area (TPSA) is 84.2 Å². The molecule has 0 saturated carbocycles. The largest absolute Gasteiger partial charge is 0.418 e. The van der Waals surface area contributed by atoms with Crippen molar-refractivity contribution in [3.63, 3.8) is 0 Å². The second kappa shape index (κ2) is 8.73. The van der Waals surface area contributed by atoms with Crippen LogP contribution in [0.3, 0.4) is 0 Å². The average Bonchev–Trinajstić information content (AvgIpc) is 3.17. The summed E-state index contributed by atoms with van der Waals surface area (Å²) in [5.41, 5.74) is -0.936. The summed E-state index contributed by atoms with van der Waals surface area (Å²) in [6.07, 6.45) is -5.10. The van der Waals surface area contributed by atoms with Crippen LogP contribution in [0.2, 0.25) is 0 Å². The summed E-state index contributed by atoms with van der Waals surface area (Å²) in [5, 5.41) is 8.96. The minimum Gasteiger partial charge on any atom is -0.356 e.